The van der Waals surface area contributed by atoms with E-state index >= 15 is 0 Å². The number of benzene rings is 1. The number of hydrogen-bond acceptors (Lipinski definition) is 2. The number of hydrogen-bond donors (Lipinski definition) is 1. The number of aromatic amines is 1. The summed E-state index contributed by atoms with van der Waals surface area (Å²) >= 11 is 3.40. The van der Waals surface area contributed by atoms with E-state index in [0.29, 0.717) is 11.2 Å². The van der Waals surface area contributed by atoms with Crippen molar-refractivity contribution in [1.29, 1.82) is 0 Å². The molecule has 0 unspecified atom stereocenters. The van der Waals surface area contributed by atoms with Gasteiger partial charge in [0.1, 0.15) is 5.82 Å². The predicted molar refractivity (Wildman–Crippen MR) is 59.5 cm³/mol. The first-order chi connectivity index (χ1) is 6.59. The first-order valence-corrected chi connectivity index (χ1v) is 5.04. The van der Waals surface area contributed by atoms with Crippen molar-refractivity contribution in [3.8, 4) is 0 Å². The molecule has 1 heterocycles. The normalized spacial score (nSPS) is 10.8. The van der Waals surface area contributed by atoms with Crippen LogP contribution in [-0.4, -0.2) is 9.97 Å². The molecule has 2 rings (SSSR count). The Morgan fingerprint density at radius 3 is 2.79 bits per heavy atom. The van der Waals surface area contributed by atoms with E-state index in [-0.39, 0.29) is 5.56 Å². The zero-order valence-corrected chi connectivity index (χ0v) is 9.47. The summed E-state index contributed by atoms with van der Waals surface area (Å²) in [6.45, 7) is 3.72. The van der Waals surface area contributed by atoms with E-state index in [1.807, 2.05) is 19.1 Å². The number of aryl methyl sites for hydroxylation is 2. The predicted octanol–water partition coefficient (Wildman–Crippen LogP) is 2.30. The largest absolute Gasteiger partial charge is 0.310 e. The molecule has 0 saturated carbocycles. The van der Waals surface area contributed by atoms with Crippen molar-refractivity contribution >= 4 is 26.8 Å². The van der Waals surface area contributed by atoms with E-state index in [0.717, 1.165) is 15.6 Å². The van der Waals surface area contributed by atoms with Crippen LogP contribution in [0.2, 0.25) is 0 Å². The number of H-pyrrole nitrogens is 1. The van der Waals surface area contributed by atoms with Crippen LogP contribution in [0.3, 0.4) is 0 Å². The van der Waals surface area contributed by atoms with Crippen molar-refractivity contribution in [3.05, 3.63) is 38.3 Å². The smallest absolute Gasteiger partial charge is 0.259 e. The van der Waals surface area contributed by atoms with Crippen molar-refractivity contribution < 1.29 is 0 Å². The van der Waals surface area contributed by atoms with Gasteiger partial charge < -0.3 is 4.98 Å². The molecule has 0 aliphatic carbocycles. The molecule has 0 aliphatic heterocycles. The Morgan fingerprint density at radius 2 is 2.07 bits per heavy atom. The lowest BCUT2D eigenvalue weighted by Crippen LogP contribution is -2.10. The molecule has 0 bridgehead atoms. The lowest BCUT2D eigenvalue weighted by Gasteiger charge is -2.03. The molecule has 3 nitrogen and oxygen atoms in total. The van der Waals surface area contributed by atoms with Crippen molar-refractivity contribution in [2.45, 2.75) is 13.8 Å². The van der Waals surface area contributed by atoms with Crippen LogP contribution < -0.4 is 5.56 Å². The molecule has 1 N–H and O–H groups in total. The Morgan fingerprint density at radius 1 is 1.36 bits per heavy atom. The second-order valence-corrected chi connectivity index (χ2v) is 4.03. The first kappa shape index (κ1) is 9.40. The number of rotatable bonds is 0. The third-order valence-electron chi connectivity index (χ3n) is 2.12. The van der Waals surface area contributed by atoms with Crippen LogP contribution in [0.1, 0.15) is 11.4 Å². The van der Waals surface area contributed by atoms with Gasteiger partial charge in [0.25, 0.3) is 5.56 Å². The second kappa shape index (κ2) is 3.20. The van der Waals surface area contributed by atoms with Gasteiger partial charge in [-0.05, 0) is 41.4 Å². The summed E-state index contributed by atoms with van der Waals surface area (Å²) in [6.07, 6.45) is 0. The molecule has 1 aromatic carbocycles. The number of aromatic nitrogens is 2. The van der Waals surface area contributed by atoms with Gasteiger partial charge in [-0.25, -0.2) is 4.98 Å². The van der Waals surface area contributed by atoms with Crippen LogP contribution in [0, 0.1) is 13.8 Å². The molecule has 1 aromatic heterocycles. The second-order valence-electron chi connectivity index (χ2n) is 3.24. The van der Waals surface area contributed by atoms with Gasteiger partial charge in [-0.1, -0.05) is 6.07 Å². The molecule has 4 heteroatoms. The lowest BCUT2D eigenvalue weighted by atomic mass is 10.2. The maximum Gasteiger partial charge on any atom is 0.259 e. The highest BCUT2D eigenvalue weighted by Crippen LogP contribution is 2.22. The van der Waals surface area contributed by atoms with E-state index in [4.69, 9.17) is 0 Å². The topological polar surface area (TPSA) is 45.8 Å². The number of nitrogens with zero attached hydrogens (tertiary/aromatic N) is 1. The molecule has 0 aliphatic rings. The average molecular weight is 253 g/mol. The molecule has 72 valence electrons. The van der Waals surface area contributed by atoms with Crippen LogP contribution in [0.5, 0.6) is 0 Å². The third-order valence-corrected chi connectivity index (χ3v) is 3.14. The summed E-state index contributed by atoms with van der Waals surface area (Å²) in [5, 5.41) is 0.621. The molecule has 0 saturated heterocycles. The summed E-state index contributed by atoms with van der Waals surface area (Å²) < 4.78 is 0.823. The van der Waals surface area contributed by atoms with Gasteiger partial charge in [0.2, 0.25) is 0 Å². The van der Waals surface area contributed by atoms with Crippen molar-refractivity contribution in [3.63, 3.8) is 0 Å². The summed E-state index contributed by atoms with van der Waals surface area (Å²) in [6, 6.07) is 3.80. The number of fused-ring (bicyclic) bond motifs is 1. The van der Waals surface area contributed by atoms with Gasteiger partial charge in [0.05, 0.1) is 10.9 Å². The Kier molecular flexibility index (Phi) is 2.15. The lowest BCUT2D eigenvalue weighted by molar-refractivity contribution is 1.06. The van der Waals surface area contributed by atoms with Gasteiger partial charge in [-0.3, -0.25) is 4.79 Å². The van der Waals surface area contributed by atoms with Crippen LogP contribution in [0.15, 0.2) is 21.4 Å². The SMILES string of the molecule is Cc1nc2ccc(C)c(Br)c2c(=O)[nH]1. The molecular weight excluding hydrogens is 244 g/mol. The Bertz CT molecular complexity index is 560. The summed E-state index contributed by atoms with van der Waals surface area (Å²) in [5.74, 6) is 0.637. The minimum absolute atomic E-state index is 0.0944. The van der Waals surface area contributed by atoms with E-state index in [1.165, 1.54) is 0 Å². The standard InChI is InChI=1S/C10H9BrN2O/c1-5-3-4-7-8(9(5)11)10(14)13-6(2)12-7/h3-4H,1-2H3,(H,12,13,14). The third kappa shape index (κ3) is 1.35. The quantitative estimate of drug-likeness (QED) is 0.782. The fourth-order valence-electron chi connectivity index (χ4n) is 1.41. The zero-order chi connectivity index (χ0) is 10.3. The minimum Gasteiger partial charge on any atom is -0.310 e. The number of nitrogens with one attached hydrogen (secondary N) is 1. The fraction of sp³-hybridized carbons (Fsp3) is 0.200. The van der Waals surface area contributed by atoms with Gasteiger partial charge in [-0.2, -0.15) is 0 Å². The minimum atomic E-state index is -0.0944. The van der Waals surface area contributed by atoms with Crippen molar-refractivity contribution in [1.82, 2.24) is 9.97 Å². The van der Waals surface area contributed by atoms with Crippen LogP contribution in [0.4, 0.5) is 0 Å². The fourth-order valence-corrected chi connectivity index (χ4v) is 1.93. The number of halogens is 1. The Hall–Kier alpha value is -1.16. The summed E-state index contributed by atoms with van der Waals surface area (Å²) in [5.41, 5.74) is 1.67. The van der Waals surface area contributed by atoms with Gasteiger partial charge in [0.15, 0.2) is 0 Å². The highest BCUT2D eigenvalue weighted by Gasteiger charge is 2.07. The molecule has 0 fully saturated rings. The van der Waals surface area contributed by atoms with E-state index < -0.39 is 0 Å². The first-order valence-electron chi connectivity index (χ1n) is 4.25. The average Bonchev–Trinajstić information content (AvgIpc) is 2.10. The molecule has 0 amide bonds. The summed E-state index contributed by atoms with van der Waals surface area (Å²) in [4.78, 5) is 18.6. The van der Waals surface area contributed by atoms with Crippen molar-refractivity contribution in [2.75, 3.05) is 0 Å². The molecule has 0 radical (unpaired) electrons. The monoisotopic (exact) mass is 252 g/mol. The van der Waals surface area contributed by atoms with E-state index in [2.05, 4.69) is 25.9 Å². The Balaban J connectivity index is 3.03. The van der Waals surface area contributed by atoms with Crippen LogP contribution >= 0.6 is 15.9 Å². The zero-order valence-electron chi connectivity index (χ0n) is 7.89. The van der Waals surface area contributed by atoms with E-state index in [9.17, 15) is 4.79 Å². The van der Waals surface area contributed by atoms with Crippen LogP contribution in [-0.2, 0) is 0 Å². The van der Waals surface area contributed by atoms with Gasteiger partial charge in [0, 0.05) is 4.47 Å². The summed E-state index contributed by atoms with van der Waals surface area (Å²) in [7, 11) is 0. The molecular formula is C10H9BrN2O. The Labute approximate surface area is 89.3 Å². The highest BCUT2D eigenvalue weighted by atomic mass is 79.9. The maximum atomic E-state index is 11.6. The molecule has 14 heavy (non-hydrogen) atoms. The molecule has 0 spiro atoms. The molecule has 2 aromatic rings. The molecule has 0 atom stereocenters. The highest BCUT2D eigenvalue weighted by molar-refractivity contribution is 9.10. The van der Waals surface area contributed by atoms with Gasteiger partial charge in [-0.15, -0.1) is 0 Å². The maximum absolute atomic E-state index is 11.6. The van der Waals surface area contributed by atoms with E-state index in [1.54, 1.807) is 6.92 Å². The van der Waals surface area contributed by atoms with Gasteiger partial charge >= 0.3 is 0 Å². The van der Waals surface area contributed by atoms with Crippen LogP contribution in [0.25, 0.3) is 10.9 Å². The van der Waals surface area contributed by atoms with Crippen molar-refractivity contribution in [2.24, 2.45) is 0 Å².